The lowest BCUT2D eigenvalue weighted by Crippen LogP contribution is -2.52. The van der Waals surface area contributed by atoms with E-state index < -0.39 is 0 Å². The molecular weight excluding hydrogens is 270 g/mol. The second kappa shape index (κ2) is 5.59. The van der Waals surface area contributed by atoms with Gasteiger partial charge >= 0.3 is 11.9 Å². The maximum absolute atomic E-state index is 12.5. The van der Waals surface area contributed by atoms with Gasteiger partial charge in [-0.05, 0) is 32.2 Å². The summed E-state index contributed by atoms with van der Waals surface area (Å²) in [6.07, 6.45) is 7.56. The van der Waals surface area contributed by atoms with Crippen LogP contribution in [0.2, 0.25) is 0 Å². The van der Waals surface area contributed by atoms with E-state index in [9.17, 15) is 9.59 Å². The van der Waals surface area contributed by atoms with Gasteiger partial charge in [0.1, 0.15) is 0 Å². The summed E-state index contributed by atoms with van der Waals surface area (Å²) >= 11 is 0. The van der Waals surface area contributed by atoms with Gasteiger partial charge in [0.15, 0.2) is 0 Å². The van der Waals surface area contributed by atoms with E-state index in [0.29, 0.717) is 0 Å². The topological polar surface area (TPSA) is 55.8 Å². The van der Waals surface area contributed by atoms with Crippen molar-refractivity contribution in [3.8, 4) is 0 Å². The molecule has 0 aromatic heterocycles. The zero-order valence-corrected chi connectivity index (χ0v) is 13.0. The minimum Gasteiger partial charge on any atom is -0.469 e. The fourth-order valence-electron chi connectivity index (χ4n) is 5.14. The Kier molecular flexibility index (Phi) is 3.95. The van der Waals surface area contributed by atoms with Gasteiger partial charge in [0.2, 0.25) is 0 Å². The Morgan fingerprint density at radius 1 is 1.00 bits per heavy atom. The zero-order valence-electron chi connectivity index (χ0n) is 13.0. The maximum Gasteiger partial charge on any atom is 0.311 e. The Bertz CT molecular complexity index is 430. The number of hydrogen-bond acceptors (Lipinski definition) is 5. The number of nitrogens with zero attached hydrogens (tertiary/aromatic N) is 1. The molecule has 1 saturated carbocycles. The first kappa shape index (κ1) is 14.8. The normalized spacial score (nSPS) is 34.7. The van der Waals surface area contributed by atoms with Crippen molar-refractivity contribution in [1.29, 1.82) is 0 Å². The first-order valence-corrected chi connectivity index (χ1v) is 8.08. The van der Waals surface area contributed by atoms with Crippen LogP contribution < -0.4 is 0 Å². The third kappa shape index (κ3) is 2.08. The minimum atomic E-state index is -0.361. The van der Waals surface area contributed by atoms with Gasteiger partial charge in [0, 0.05) is 11.6 Å². The highest BCUT2D eigenvalue weighted by Gasteiger charge is 2.64. The van der Waals surface area contributed by atoms with Crippen molar-refractivity contribution >= 4 is 11.9 Å². The van der Waals surface area contributed by atoms with Crippen LogP contribution in [0.4, 0.5) is 0 Å². The molecule has 0 radical (unpaired) electrons. The van der Waals surface area contributed by atoms with Gasteiger partial charge in [-0.2, -0.15) is 0 Å². The molecule has 0 amide bonds. The summed E-state index contributed by atoms with van der Waals surface area (Å²) in [6, 6.07) is 0.152. The van der Waals surface area contributed by atoms with Crippen molar-refractivity contribution < 1.29 is 19.1 Å². The quantitative estimate of drug-likeness (QED) is 0.726. The molecule has 0 unspecified atom stereocenters. The molecule has 2 saturated heterocycles. The van der Waals surface area contributed by atoms with Gasteiger partial charge in [-0.3, -0.25) is 14.5 Å². The second-order valence-electron chi connectivity index (χ2n) is 6.62. The van der Waals surface area contributed by atoms with E-state index in [0.717, 1.165) is 45.1 Å². The predicted molar refractivity (Wildman–Crippen MR) is 76.6 cm³/mol. The number of carbonyl (C=O) groups excluding carboxylic acids is 2. The molecule has 0 bridgehead atoms. The maximum atomic E-state index is 12.5. The van der Waals surface area contributed by atoms with Crippen LogP contribution in [0.25, 0.3) is 0 Å². The van der Waals surface area contributed by atoms with Crippen LogP contribution in [0.15, 0.2) is 0 Å². The van der Waals surface area contributed by atoms with E-state index in [1.165, 1.54) is 20.6 Å². The summed E-state index contributed by atoms with van der Waals surface area (Å²) in [4.78, 5) is 27.3. The summed E-state index contributed by atoms with van der Waals surface area (Å²) in [5.74, 6) is -1.20. The molecule has 0 aromatic rings. The third-order valence-corrected chi connectivity index (χ3v) is 5.87. The van der Waals surface area contributed by atoms with Crippen molar-refractivity contribution in [3.05, 3.63) is 0 Å². The molecule has 5 heteroatoms. The van der Waals surface area contributed by atoms with Gasteiger partial charge in [-0.25, -0.2) is 0 Å². The Morgan fingerprint density at radius 3 is 2.29 bits per heavy atom. The van der Waals surface area contributed by atoms with Crippen molar-refractivity contribution in [1.82, 2.24) is 4.90 Å². The fraction of sp³-hybridized carbons (Fsp3) is 0.875. The van der Waals surface area contributed by atoms with Gasteiger partial charge in [0.25, 0.3) is 0 Å². The van der Waals surface area contributed by atoms with Crippen LogP contribution in [-0.2, 0) is 19.1 Å². The molecule has 0 N–H and O–H groups in total. The largest absolute Gasteiger partial charge is 0.469 e. The summed E-state index contributed by atoms with van der Waals surface area (Å²) in [5.41, 5.74) is -0.175. The summed E-state index contributed by atoms with van der Waals surface area (Å²) in [7, 11) is 2.85. The highest BCUT2D eigenvalue weighted by atomic mass is 16.5. The molecular formula is C16H25NO4. The highest BCUT2D eigenvalue weighted by molar-refractivity contribution is 5.85. The third-order valence-electron chi connectivity index (χ3n) is 5.87. The van der Waals surface area contributed by atoms with Crippen LogP contribution >= 0.6 is 0 Å². The molecule has 2 heterocycles. The Balaban J connectivity index is 2.03. The molecule has 2 aliphatic heterocycles. The summed E-state index contributed by atoms with van der Waals surface area (Å²) < 4.78 is 10.1. The van der Waals surface area contributed by atoms with Gasteiger partial charge < -0.3 is 9.47 Å². The van der Waals surface area contributed by atoms with E-state index in [4.69, 9.17) is 9.47 Å². The number of fused-ring (bicyclic) bond motifs is 2. The molecule has 3 fully saturated rings. The first-order chi connectivity index (χ1) is 10.2. The lowest BCUT2D eigenvalue weighted by molar-refractivity contribution is -0.159. The molecule has 3 atom stereocenters. The minimum absolute atomic E-state index is 0.152. The molecule has 118 valence electrons. The fourth-order valence-corrected chi connectivity index (χ4v) is 5.14. The smallest absolute Gasteiger partial charge is 0.311 e. The monoisotopic (exact) mass is 295 g/mol. The SMILES string of the molecule is COC(=O)[C@@H]1[C@@H](C(=O)OC)C2(CCCCC2)N2CCC[C@@H]12. The number of rotatable bonds is 2. The second-order valence-corrected chi connectivity index (χ2v) is 6.62. The van der Waals surface area contributed by atoms with E-state index in [1.54, 1.807) is 0 Å². The average molecular weight is 295 g/mol. The number of hydrogen-bond donors (Lipinski definition) is 0. The molecule has 21 heavy (non-hydrogen) atoms. The lowest BCUT2D eigenvalue weighted by atomic mass is 9.70. The van der Waals surface area contributed by atoms with Gasteiger partial charge in [-0.1, -0.05) is 19.3 Å². The van der Waals surface area contributed by atoms with Gasteiger partial charge in [0.05, 0.1) is 26.1 Å². The lowest BCUT2D eigenvalue weighted by Gasteiger charge is -2.44. The zero-order chi connectivity index (χ0) is 15.0. The Morgan fingerprint density at radius 2 is 1.67 bits per heavy atom. The molecule has 3 rings (SSSR count). The van der Waals surface area contributed by atoms with E-state index in [-0.39, 0.29) is 35.4 Å². The van der Waals surface area contributed by atoms with Crippen LogP contribution in [0, 0.1) is 11.8 Å². The average Bonchev–Trinajstić information content (AvgIpc) is 3.09. The Hall–Kier alpha value is -1.10. The predicted octanol–water partition coefficient (Wildman–Crippen LogP) is 1.75. The number of methoxy groups -OCH3 is 2. The molecule has 5 nitrogen and oxygen atoms in total. The standard InChI is InChI=1S/C16H25NO4/c1-20-14(18)12-11-7-6-10-17(11)16(8-4-3-5-9-16)13(12)15(19)21-2/h11-13H,3-10H2,1-2H3/t11-,12-,13-/m0/s1. The summed E-state index contributed by atoms with van der Waals surface area (Å²) in [5, 5.41) is 0. The molecule has 3 aliphatic rings. The number of ether oxygens (including phenoxy) is 2. The molecule has 1 spiro atoms. The molecule has 1 aliphatic carbocycles. The van der Waals surface area contributed by atoms with Gasteiger partial charge in [-0.15, -0.1) is 0 Å². The van der Waals surface area contributed by atoms with Crippen LogP contribution in [0.1, 0.15) is 44.9 Å². The summed E-state index contributed by atoms with van der Waals surface area (Å²) in [6.45, 7) is 0.992. The van der Waals surface area contributed by atoms with Crippen LogP contribution in [0.3, 0.4) is 0 Å². The Labute approximate surface area is 126 Å². The van der Waals surface area contributed by atoms with Crippen LogP contribution in [0.5, 0.6) is 0 Å². The van der Waals surface area contributed by atoms with Crippen molar-refractivity contribution in [2.75, 3.05) is 20.8 Å². The van der Waals surface area contributed by atoms with E-state index >= 15 is 0 Å². The molecule has 0 aromatic carbocycles. The van der Waals surface area contributed by atoms with Crippen molar-refractivity contribution in [3.63, 3.8) is 0 Å². The number of esters is 2. The number of carbonyl (C=O) groups is 2. The van der Waals surface area contributed by atoms with Crippen molar-refractivity contribution in [2.24, 2.45) is 11.8 Å². The first-order valence-electron chi connectivity index (χ1n) is 8.08. The van der Waals surface area contributed by atoms with E-state index in [1.807, 2.05) is 0 Å². The van der Waals surface area contributed by atoms with E-state index in [2.05, 4.69) is 4.90 Å². The highest BCUT2D eigenvalue weighted by Crippen LogP contribution is 2.54. The van der Waals surface area contributed by atoms with Crippen molar-refractivity contribution in [2.45, 2.75) is 56.5 Å². The van der Waals surface area contributed by atoms with Crippen LogP contribution in [-0.4, -0.2) is 49.2 Å².